The van der Waals surface area contributed by atoms with Crippen molar-refractivity contribution in [3.05, 3.63) is 0 Å². The van der Waals surface area contributed by atoms with Gasteiger partial charge in [0.1, 0.15) is 11.6 Å². The first-order valence-electron chi connectivity index (χ1n) is 6.19. The molecule has 0 aromatic rings. The summed E-state index contributed by atoms with van der Waals surface area (Å²) in [6, 6.07) is -1.73. The van der Waals surface area contributed by atoms with Gasteiger partial charge in [-0.05, 0) is 33.6 Å². The minimum atomic E-state index is -1.28. The quantitative estimate of drug-likeness (QED) is 0.637. The number of carboxylic acid groups (broad SMARTS) is 1. The molecule has 0 saturated heterocycles. The Morgan fingerprint density at radius 2 is 1.89 bits per heavy atom. The third-order valence-electron chi connectivity index (χ3n) is 2.31. The van der Waals surface area contributed by atoms with Crippen LogP contribution in [0.15, 0.2) is 0 Å². The zero-order valence-corrected chi connectivity index (χ0v) is 11.4. The fourth-order valence-corrected chi connectivity index (χ4v) is 1.36. The summed E-state index contributed by atoms with van der Waals surface area (Å²) in [5.41, 5.74) is -0.684. The maximum atomic E-state index is 11.5. The van der Waals surface area contributed by atoms with Gasteiger partial charge in [-0.3, -0.25) is 4.79 Å². The lowest BCUT2D eigenvalue weighted by molar-refractivity contribution is -0.158. The molecule has 1 aliphatic rings. The van der Waals surface area contributed by atoms with Crippen LogP contribution in [0.25, 0.3) is 0 Å². The van der Waals surface area contributed by atoms with Crippen molar-refractivity contribution in [3.8, 4) is 0 Å². The number of amides is 2. The summed E-state index contributed by atoms with van der Waals surface area (Å²) in [5, 5.41) is 13.8. The smallest absolute Gasteiger partial charge is 0.326 e. The number of aliphatic carboxylic acids is 1. The highest BCUT2D eigenvalue weighted by Gasteiger charge is 2.29. The van der Waals surface area contributed by atoms with Crippen LogP contribution < -0.4 is 10.6 Å². The number of carboxylic acids is 1. The molecule has 7 nitrogen and oxygen atoms in total. The second-order valence-corrected chi connectivity index (χ2v) is 5.57. The molecule has 0 heterocycles. The maximum absolute atomic E-state index is 11.5. The molecule has 2 amide bonds. The highest BCUT2D eigenvalue weighted by atomic mass is 16.6. The van der Waals surface area contributed by atoms with Crippen LogP contribution in [0.4, 0.5) is 4.79 Å². The van der Waals surface area contributed by atoms with Gasteiger partial charge in [0.15, 0.2) is 0 Å². The number of hydrogen-bond acceptors (Lipinski definition) is 4. The molecule has 0 radical (unpaired) electrons. The maximum Gasteiger partial charge on any atom is 0.326 e. The van der Waals surface area contributed by atoms with Crippen molar-refractivity contribution in [2.45, 2.75) is 57.7 Å². The van der Waals surface area contributed by atoms with Gasteiger partial charge in [-0.25, -0.2) is 9.59 Å². The van der Waals surface area contributed by atoms with Gasteiger partial charge in [-0.1, -0.05) is 0 Å². The lowest BCUT2D eigenvalue weighted by Crippen LogP contribution is -2.48. The van der Waals surface area contributed by atoms with E-state index < -0.39 is 36.0 Å². The van der Waals surface area contributed by atoms with E-state index >= 15 is 0 Å². The summed E-state index contributed by atoms with van der Waals surface area (Å²) in [7, 11) is 0. The van der Waals surface area contributed by atoms with E-state index in [4.69, 9.17) is 9.84 Å². The second kappa shape index (κ2) is 5.90. The highest BCUT2D eigenvalue weighted by molar-refractivity contribution is 5.86. The fourth-order valence-electron chi connectivity index (χ4n) is 1.36. The summed E-state index contributed by atoms with van der Waals surface area (Å²) in [6.07, 6.45) is 1.40. The first-order valence-corrected chi connectivity index (χ1v) is 6.19. The average Bonchev–Trinajstić information content (AvgIpc) is 2.97. The number of nitrogens with one attached hydrogen (secondary N) is 2. The van der Waals surface area contributed by atoms with E-state index in [-0.39, 0.29) is 6.04 Å². The lowest BCUT2D eigenvalue weighted by Gasteiger charge is -2.21. The van der Waals surface area contributed by atoms with Crippen molar-refractivity contribution in [2.24, 2.45) is 0 Å². The Kier molecular flexibility index (Phi) is 4.74. The normalized spacial score (nSPS) is 16.4. The van der Waals surface area contributed by atoms with Crippen LogP contribution in [-0.4, -0.2) is 40.8 Å². The minimum absolute atomic E-state index is 0.121. The summed E-state index contributed by atoms with van der Waals surface area (Å²) in [6.45, 7) is 5.07. The summed E-state index contributed by atoms with van der Waals surface area (Å²) in [4.78, 5) is 34.0. The molecular formula is C12H20N2O5. The zero-order valence-electron chi connectivity index (χ0n) is 11.4. The topological polar surface area (TPSA) is 105 Å². The van der Waals surface area contributed by atoms with Crippen molar-refractivity contribution in [1.82, 2.24) is 10.6 Å². The van der Waals surface area contributed by atoms with Crippen LogP contribution in [0.1, 0.15) is 40.0 Å². The predicted molar refractivity (Wildman–Crippen MR) is 66.6 cm³/mol. The average molecular weight is 272 g/mol. The first kappa shape index (κ1) is 15.3. The Morgan fingerprint density at radius 3 is 2.32 bits per heavy atom. The van der Waals surface area contributed by atoms with Crippen LogP contribution in [0.5, 0.6) is 0 Å². The molecule has 1 aliphatic carbocycles. The second-order valence-electron chi connectivity index (χ2n) is 5.57. The van der Waals surface area contributed by atoms with Gasteiger partial charge in [-0.15, -0.1) is 0 Å². The van der Waals surface area contributed by atoms with Gasteiger partial charge >= 0.3 is 18.0 Å². The highest BCUT2D eigenvalue weighted by Crippen LogP contribution is 2.18. The largest absolute Gasteiger partial charge is 0.480 e. The molecule has 108 valence electrons. The number of rotatable bonds is 5. The molecule has 19 heavy (non-hydrogen) atoms. The van der Waals surface area contributed by atoms with Crippen molar-refractivity contribution in [3.63, 3.8) is 0 Å². The van der Waals surface area contributed by atoms with E-state index in [2.05, 4.69) is 10.6 Å². The van der Waals surface area contributed by atoms with Crippen molar-refractivity contribution < 1.29 is 24.2 Å². The molecular weight excluding hydrogens is 252 g/mol. The Hall–Kier alpha value is -1.79. The summed E-state index contributed by atoms with van der Waals surface area (Å²) < 4.78 is 5.02. The minimum Gasteiger partial charge on any atom is -0.480 e. The van der Waals surface area contributed by atoms with E-state index in [0.717, 1.165) is 12.8 Å². The molecule has 1 saturated carbocycles. The van der Waals surface area contributed by atoms with Gasteiger partial charge < -0.3 is 20.5 Å². The van der Waals surface area contributed by atoms with E-state index in [9.17, 15) is 14.4 Å². The predicted octanol–water partition coefficient (Wildman–Crippen LogP) is 0.633. The molecule has 0 spiro atoms. The van der Waals surface area contributed by atoms with Crippen LogP contribution in [0, 0.1) is 0 Å². The molecule has 1 atom stereocenters. The van der Waals surface area contributed by atoms with Crippen LogP contribution in [-0.2, 0) is 14.3 Å². The van der Waals surface area contributed by atoms with Crippen LogP contribution in [0.2, 0.25) is 0 Å². The van der Waals surface area contributed by atoms with Crippen molar-refractivity contribution in [2.75, 3.05) is 0 Å². The van der Waals surface area contributed by atoms with Gasteiger partial charge in [0.25, 0.3) is 0 Å². The fraction of sp³-hybridized carbons (Fsp3) is 0.750. The summed E-state index contributed by atoms with van der Waals surface area (Å²) in [5.74, 6) is -1.93. The van der Waals surface area contributed by atoms with E-state index in [1.807, 2.05) is 0 Å². The molecule has 7 heteroatoms. The molecule has 0 bridgehead atoms. The number of esters is 1. The standard InChI is InChI=1S/C12H20N2O5/c1-12(2,3)19-9(15)6-8(10(16)17)14-11(18)13-7-4-5-7/h7-8H,4-6H2,1-3H3,(H,16,17)(H2,13,14,18)/t8-/m0/s1. The van der Waals surface area contributed by atoms with E-state index in [1.165, 1.54) is 0 Å². The number of carbonyl (C=O) groups is 3. The monoisotopic (exact) mass is 272 g/mol. The Bertz CT molecular complexity index is 371. The number of hydrogen-bond donors (Lipinski definition) is 3. The van der Waals surface area contributed by atoms with Crippen molar-refractivity contribution in [1.29, 1.82) is 0 Å². The summed E-state index contributed by atoms with van der Waals surface area (Å²) >= 11 is 0. The van der Waals surface area contributed by atoms with Crippen LogP contribution >= 0.6 is 0 Å². The molecule has 3 N–H and O–H groups in total. The van der Waals surface area contributed by atoms with Gasteiger partial charge in [-0.2, -0.15) is 0 Å². The SMILES string of the molecule is CC(C)(C)OC(=O)C[C@H](NC(=O)NC1CC1)C(=O)O. The van der Waals surface area contributed by atoms with Crippen molar-refractivity contribution >= 4 is 18.0 Å². The number of carbonyl (C=O) groups excluding carboxylic acids is 2. The van der Waals surface area contributed by atoms with E-state index in [1.54, 1.807) is 20.8 Å². The van der Waals surface area contributed by atoms with Gasteiger partial charge in [0.05, 0.1) is 6.42 Å². The molecule has 0 unspecified atom stereocenters. The number of urea groups is 1. The Balaban J connectivity index is 2.45. The molecule has 0 aromatic carbocycles. The van der Waals surface area contributed by atoms with Gasteiger partial charge in [0.2, 0.25) is 0 Å². The Morgan fingerprint density at radius 1 is 1.32 bits per heavy atom. The Labute approximate surface area is 111 Å². The van der Waals surface area contributed by atoms with E-state index in [0.29, 0.717) is 0 Å². The first-order chi connectivity index (χ1) is 8.67. The number of ether oxygens (including phenoxy) is 1. The molecule has 0 aromatic heterocycles. The molecule has 1 fully saturated rings. The van der Waals surface area contributed by atoms with Crippen LogP contribution in [0.3, 0.4) is 0 Å². The lowest BCUT2D eigenvalue weighted by atomic mass is 10.1. The zero-order chi connectivity index (χ0) is 14.6. The molecule has 0 aliphatic heterocycles. The third kappa shape index (κ3) is 6.64. The third-order valence-corrected chi connectivity index (χ3v) is 2.31. The van der Waals surface area contributed by atoms with Gasteiger partial charge in [0, 0.05) is 6.04 Å². The molecule has 1 rings (SSSR count).